The molecule has 0 aliphatic heterocycles. The van der Waals surface area contributed by atoms with Crippen molar-refractivity contribution in [1.29, 1.82) is 0 Å². The number of anilines is 1. The van der Waals surface area contributed by atoms with Gasteiger partial charge in [0.25, 0.3) is 5.19 Å². The summed E-state index contributed by atoms with van der Waals surface area (Å²) in [5, 5.41) is 0.526. The predicted octanol–water partition coefficient (Wildman–Crippen LogP) is 3.58. The Labute approximate surface area is 112 Å². The van der Waals surface area contributed by atoms with Gasteiger partial charge in [0.1, 0.15) is 5.82 Å². The molecule has 1 aliphatic carbocycles. The Balaban J connectivity index is 1.86. The van der Waals surface area contributed by atoms with Crippen molar-refractivity contribution in [3.05, 3.63) is 28.8 Å². The number of hydrogen-bond acceptors (Lipinski definition) is 5. The van der Waals surface area contributed by atoms with Gasteiger partial charge >= 0.3 is 0 Å². The summed E-state index contributed by atoms with van der Waals surface area (Å²) < 4.78 is 23.1. The standard InChI is InChI=1S/C11H9ClFN3OS/c12-6-3-7(13)9(8(14)4-6)17-11-15-10(16-18-11)5-1-2-5/h3-5H,1-2,14H2. The second-order valence-corrected chi connectivity index (χ2v) is 5.25. The minimum absolute atomic E-state index is 0.0575. The van der Waals surface area contributed by atoms with Gasteiger partial charge in [0.05, 0.1) is 5.69 Å². The third-order valence-corrected chi connectivity index (χ3v) is 3.42. The normalized spacial score (nSPS) is 14.8. The van der Waals surface area contributed by atoms with Crippen molar-refractivity contribution in [1.82, 2.24) is 9.36 Å². The number of hydrogen-bond donors (Lipinski definition) is 1. The lowest BCUT2D eigenvalue weighted by Gasteiger charge is -2.06. The molecular formula is C11H9ClFN3OS. The molecule has 2 aromatic rings. The van der Waals surface area contributed by atoms with Crippen LogP contribution < -0.4 is 10.5 Å². The van der Waals surface area contributed by atoms with Crippen molar-refractivity contribution in [2.24, 2.45) is 0 Å². The molecule has 0 unspecified atom stereocenters. The number of ether oxygens (including phenoxy) is 1. The monoisotopic (exact) mass is 285 g/mol. The van der Waals surface area contributed by atoms with E-state index >= 15 is 0 Å². The lowest BCUT2D eigenvalue weighted by molar-refractivity contribution is 0.441. The molecule has 1 aromatic carbocycles. The Morgan fingerprint density at radius 1 is 1.44 bits per heavy atom. The average molecular weight is 286 g/mol. The van der Waals surface area contributed by atoms with Crippen LogP contribution in [0.25, 0.3) is 0 Å². The second-order valence-electron chi connectivity index (χ2n) is 4.10. The largest absolute Gasteiger partial charge is 0.424 e. The van der Waals surface area contributed by atoms with Crippen LogP contribution >= 0.6 is 23.1 Å². The second kappa shape index (κ2) is 4.37. The Morgan fingerprint density at radius 2 is 2.22 bits per heavy atom. The Kier molecular flexibility index (Phi) is 2.83. The van der Waals surface area contributed by atoms with Crippen LogP contribution in [0.2, 0.25) is 5.02 Å². The third-order valence-electron chi connectivity index (χ3n) is 2.59. The van der Waals surface area contributed by atoms with E-state index in [9.17, 15) is 4.39 Å². The maximum atomic E-state index is 13.6. The summed E-state index contributed by atoms with van der Waals surface area (Å²) in [5.74, 6) is 0.537. The van der Waals surface area contributed by atoms with Gasteiger partial charge in [0.2, 0.25) is 0 Å². The number of nitrogen functional groups attached to an aromatic ring is 1. The van der Waals surface area contributed by atoms with Crippen LogP contribution in [0.5, 0.6) is 10.9 Å². The van der Waals surface area contributed by atoms with E-state index in [1.165, 1.54) is 6.07 Å². The van der Waals surface area contributed by atoms with Crippen LogP contribution in [-0.4, -0.2) is 9.36 Å². The highest BCUT2D eigenvalue weighted by molar-refractivity contribution is 7.07. The number of nitrogens with zero attached hydrogens (tertiary/aromatic N) is 2. The van der Waals surface area contributed by atoms with Crippen LogP contribution in [0, 0.1) is 5.82 Å². The predicted molar refractivity (Wildman–Crippen MR) is 67.8 cm³/mol. The first kappa shape index (κ1) is 11.7. The highest BCUT2D eigenvalue weighted by atomic mass is 35.5. The molecular weight excluding hydrogens is 277 g/mol. The fourth-order valence-corrected chi connectivity index (χ4v) is 2.37. The van der Waals surface area contributed by atoms with E-state index < -0.39 is 5.82 Å². The molecule has 0 atom stereocenters. The minimum Gasteiger partial charge on any atom is -0.424 e. The molecule has 0 saturated heterocycles. The molecule has 0 amide bonds. The van der Waals surface area contributed by atoms with E-state index in [-0.39, 0.29) is 16.5 Å². The van der Waals surface area contributed by atoms with Gasteiger partial charge in [0.15, 0.2) is 11.6 Å². The Hall–Kier alpha value is -1.40. The number of benzene rings is 1. The maximum absolute atomic E-state index is 13.6. The van der Waals surface area contributed by atoms with Crippen molar-refractivity contribution < 1.29 is 9.13 Å². The van der Waals surface area contributed by atoms with Gasteiger partial charge in [0, 0.05) is 22.5 Å². The summed E-state index contributed by atoms with van der Waals surface area (Å²) >= 11 is 6.77. The molecule has 7 heteroatoms. The molecule has 4 nitrogen and oxygen atoms in total. The van der Waals surface area contributed by atoms with Gasteiger partial charge < -0.3 is 10.5 Å². The maximum Gasteiger partial charge on any atom is 0.298 e. The number of aromatic nitrogens is 2. The fraction of sp³-hybridized carbons (Fsp3) is 0.273. The van der Waals surface area contributed by atoms with Gasteiger partial charge in [-0.1, -0.05) is 11.6 Å². The van der Waals surface area contributed by atoms with Gasteiger partial charge in [-0.25, -0.2) is 4.39 Å². The van der Waals surface area contributed by atoms with E-state index in [1.807, 2.05) is 0 Å². The molecule has 0 spiro atoms. The lowest BCUT2D eigenvalue weighted by atomic mass is 10.3. The number of nitrogens with two attached hydrogens (primary N) is 1. The van der Waals surface area contributed by atoms with Gasteiger partial charge in [-0.05, 0) is 25.0 Å². The minimum atomic E-state index is -0.608. The molecule has 94 valence electrons. The Bertz CT molecular complexity index is 577. The molecule has 1 aliphatic rings. The first-order chi connectivity index (χ1) is 8.63. The molecule has 18 heavy (non-hydrogen) atoms. The molecule has 3 rings (SSSR count). The zero-order valence-electron chi connectivity index (χ0n) is 9.19. The highest BCUT2D eigenvalue weighted by Crippen LogP contribution is 2.41. The van der Waals surface area contributed by atoms with E-state index in [0.29, 0.717) is 11.1 Å². The summed E-state index contributed by atoms with van der Waals surface area (Å²) in [6.07, 6.45) is 2.21. The SMILES string of the molecule is Nc1cc(Cl)cc(F)c1Oc1nc(C2CC2)ns1. The zero-order chi connectivity index (χ0) is 12.7. The van der Waals surface area contributed by atoms with Gasteiger partial charge in [-0.15, -0.1) is 0 Å². The molecule has 1 aromatic heterocycles. The summed E-state index contributed by atoms with van der Waals surface area (Å²) in [5.41, 5.74) is 5.80. The van der Waals surface area contributed by atoms with Crippen LogP contribution in [0.3, 0.4) is 0 Å². The van der Waals surface area contributed by atoms with Crippen molar-refractivity contribution in [2.75, 3.05) is 5.73 Å². The molecule has 1 saturated carbocycles. The summed E-state index contributed by atoms with van der Waals surface area (Å²) in [6.45, 7) is 0. The van der Waals surface area contributed by atoms with Crippen LogP contribution in [0.15, 0.2) is 12.1 Å². The first-order valence-electron chi connectivity index (χ1n) is 5.39. The topological polar surface area (TPSA) is 61.0 Å². The van der Waals surface area contributed by atoms with E-state index in [2.05, 4.69) is 9.36 Å². The Morgan fingerprint density at radius 3 is 2.89 bits per heavy atom. The van der Waals surface area contributed by atoms with Gasteiger partial charge in [-0.2, -0.15) is 9.36 Å². The van der Waals surface area contributed by atoms with Crippen molar-refractivity contribution >= 4 is 28.8 Å². The number of halogens is 2. The summed E-state index contributed by atoms with van der Waals surface area (Å²) in [4.78, 5) is 4.20. The first-order valence-corrected chi connectivity index (χ1v) is 6.54. The van der Waals surface area contributed by atoms with Crippen molar-refractivity contribution in [3.63, 3.8) is 0 Å². The van der Waals surface area contributed by atoms with Crippen LogP contribution in [0.1, 0.15) is 24.6 Å². The highest BCUT2D eigenvalue weighted by Gasteiger charge is 2.28. The number of rotatable bonds is 3. The molecule has 2 N–H and O–H groups in total. The lowest BCUT2D eigenvalue weighted by Crippen LogP contribution is -1.95. The van der Waals surface area contributed by atoms with E-state index in [4.69, 9.17) is 22.1 Å². The summed E-state index contributed by atoms with van der Waals surface area (Å²) in [6, 6.07) is 2.58. The van der Waals surface area contributed by atoms with E-state index in [1.54, 1.807) is 0 Å². The molecule has 1 fully saturated rings. The van der Waals surface area contributed by atoms with Crippen molar-refractivity contribution in [3.8, 4) is 10.9 Å². The van der Waals surface area contributed by atoms with Crippen LogP contribution in [0.4, 0.5) is 10.1 Å². The third kappa shape index (κ3) is 2.26. The molecule has 0 radical (unpaired) electrons. The summed E-state index contributed by atoms with van der Waals surface area (Å²) in [7, 11) is 0. The molecule has 0 bridgehead atoms. The van der Waals surface area contributed by atoms with Crippen LogP contribution in [-0.2, 0) is 0 Å². The average Bonchev–Trinajstić information content (AvgIpc) is 3.04. The van der Waals surface area contributed by atoms with Crippen molar-refractivity contribution in [2.45, 2.75) is 18.8 Å². The smallest absolute Gasteiger partial charge is 0.298 e. The quantitative estimate of drug-likeness (QED) is 0.876. The molecule has 1 heterocycles. The van der Waals surface area contributed by atoms with Gasteiger partial charge in [-0.3, -0.25) is 0 Å². The fourth-order valence-electron chi connectivity index (χ4n) is 1.54. The van der Waals surface area contributed by atoms with E-state index in [0.717, 1.165) is 36.3 Å². The zero-order valence-corrected chi connectivity index (χ0v) is 10.8.